The van der Waals surface area contributed by atoms with E-state index in [9.17, 15) is 9.59 Å². The van der Waals surface area contributed by atoms with E-state index in [1.807, 2.05) is 57.2 Å². The van der Waals surface area contributed by atoms with Crippen molar-refractivity contribution in [3.05, 3.63) is 59.2 Å². The van der Waals surface area contributed by atoms with Gasteiger partial charge in [0.2, 0.25) is 5.91 Å². The van der Waals surface area contributed by atoms with Gasteiger partial charge < -0.3 is 15.0 Å². The Labute approximate surface area is 166 Å². The van der Waals surface area contributed by atoms with E-state index in [1.165, 1.54) is 0 Å². The van der Waals surface area contributed by atoms with Crippen molar-refractivity contribution < 1.29 is 14.3 Å². The zero-order valence-electron chi connectivity index (χ0n) is 16.8. The van der Waals surface area contributed by atoms with E-state index in [0.717, 1.165) is 22.4 Å². The number of carbonyl (C=O) groups is 2. The molecule has 1 fully saturated rings. The summed E-state index contributed by atoms with van der Waals surface area (Å²) in [4.78, 5) is 26.7. The number of hydrogen-bond acceptors (Lipinski definition) is 3. The van der Waals surface area contributed by atoms with E-state index < -0.39 is 0 Å². The Bertz CT molecular complexity index is 817. The summed E-state index contributed by atoms with van der Waals surface area (Å²) in [5.74, 6) is 0.631. The SMILES string of the molecule is Cc1ccc(OCC(=O)N2CCC(C(=O)Nc3cc(C)cc(C)c3)CC2)cc1. The number of carbonyl (C=O) groups excluding carboxylic acids is 2. The minimum atomic E-state index is -0.0668. The second-order valence-corrected chi connectivity index (χ2v) is 7.62. The quantitative estimate of drug-likeness (QED) is 0.857. The molecule has 3 rings (SSSR count). The number of anilines is 1. The van der Waals surface area contributed by atoms with Crippen LogP contribution in [-0.4, -0.2) is 36.4 Å². The normalized spacial score (nSPS) is 14.6. The van der Waals surface area contributed by atoms with Gasteiger partial charge in [-0.2, -0.15) is 0 Å². The number of rotatable bonds is 5. The number of piperidine rings is 1. The van der Waals surface area contributed by atoms with Crippen LogP contribution in [0.25, 0.3) is 0 Å². The van der Waals surface area contributed by atoms with E-state index in [-0.39, 0.29) is 24.3 Å². The van der Waals surface area contributed by atoms with Crippen molar-refractivity contribution in [2.24, 2.45) is 5.92 Å². The third kappa shape index (κ3) is 5.35. The standard InChI is InChI=1S/C23H28N2O3/c1-16-4-6-21(7-5-16)28-15-22(26)25-10-8-19(9-11-25)23(27)24-20-13-17(2)12-18(3)14-20/h4-7,12-14,19H,8-11,15H2,1-3H3,(H,24,27). The Morgan fingerprint density at radius 3 is 2.18 bits per heavy atom. The van der Waals surface area contributed by atoms with Crippen molar-refractivity contribution in [2.45, 2.75) is 33.6 Å². The summed E-state index contributed by atoms with van der Waals surface area (Å²) >= 11 is 0. The molecule has 2 aromatic carbocycles. The van der Waals surface area contributed by atoms with Crippen LogP contribution in [0, 0.1) is 26.7 Å². The summed E-state index contributed by atoms with van der Waals surface area (Å²) < 4.78 is 5.58. The Kier molecular flexibility index (Phi) is 6.34. The topological polar surface area (TPSA) is 58.6 Å². The number of aryl methyl sites for hydroxylation is 3. The molecule has 1 N–H and O–H groups in total. The van der Waals surface area contributed by atoms with Gasteiger partial charge in [0.15, 0.2) is 6.61 Å². The van der Waals surface area contributed by atoms with Crippen molar-refractivity contribution in [1.29, 1.82) is 0 Å². The van der Waals surface area contributed by atoms with Crippen molar-refractivity contribution in [1.82, 2.24) is 4.90 Å². The molecule has 0 aliphatic carbocycles. The minimum absolute atomic E-state index is 0.0303. The van der Waals surface area contributed by atoms with Gasteiger partial charge in [-0.25, -0.2) is 0 Å². The van der Waals surface area contributed by atoms with Crippen LogP contribution in [0.3, 0.4) is 0 Å². The van der Waals surface area contributed by atoms with Gasteiger partial charge >= 0.3 is 0 Å². The third-order valence-corrected chi connectivity index (χ3v) is 5.09. The van der Waals surface area contributed by atoms with E-state index >= 15 is 0 Å². The highest BCUT2D eigenvalue weighted by Crippen LogP contribution is 2.21. The molecule has 1 aliphatic rings. The number of nitrogens with zero attached hydrogens (tertiary/aromatic N) is 1. The second-order valence-electron chi connectivity index (χ2n) is 7.62. The molecule has 28 heavy (non-hydrogen) atoms. The molecule has 2 aromatic rings. The average Bonchev–Trinajstić information content (AvgIpc) is 2.66. The van der Waals surface area contributed by atoms with Gasteiger partial charge in [-0.3, -0.25) is 9.59 Å². The molecule has 0 saturated carbocycles. The monoisotopic (exact) mass is 380 g/mol. The highest BCUT2D eigenvalue weighted by atomic mass is 16.5. The van der Waals surface area contributed by atoms with Crippen LogP contribution in [0.5, 0.6) is 5.75 Å². The Morgan fingerprint density at radius 2 is 1.57 bits per heavy atom. The zero-order chi connectivity index (χ0) is 20.1. The van der Waals surface area contributed by atoms with E-state index in [1.54, 1.807) is 4.90 Å². The second kappa shape index (κ2) is 8.91. The van der Waals surface area contributed by atoms with Gasteiger partial charge in [-0.05, 0) is 69.0 Å². The molecule has 0 bridgehead atoms. The summed E-state index contributed by atoms with van der Waals surface area (Å²) in [7, 11) is 0. The first-order valence-corrected chi connectivity index (χ1v) is 9.77. The molecule has 5 nitrogen and oxygen atoms in total. The molecule has 5 heteroatoms. The van der Waals surface area contributed by atoms with E-state index in [4.69, 9.17) is 4.74 Å². The van der Waals surface area contributed by atoms with Crippen molar-refractivity contribution in [3.8, 4) is 5.75 Å². The first-order valence-electron chi connectivity index (χ1n) is 9.77. The molecule has 2 amide bonds. The molecule has 148 valence electrons. The predicted molar refractivity (Wildman–Crippen MR) is 111 cm³/mol. The van der Waals surface area contributed by atoms with E-state index in [2.05, 4.69) is 11.4 Å². The lowest BCUT2D eigenvalue weighted by atomic mass is 9.95. The molecule has 1 heterocycles. The molecule has 0 aromatic heterocycles. The summed E-state index contributed by atoms with van der Waals surface area (Å²) in [5, 5.41) is 3.02. The molecule has 0 spiro atoms. The largest absolute Gasteiger partial charge is 0.484 e. The zero-order valence-corrected chi connectivity index (χ0v) is 16.8. The lowest BCUT2D eigenvalue weighted by Gasteiger charge is -2.31. The van der Waals surface area contributed by atoms with Crippen LogP contribution in [0.4, 0.5) is 5.69 Å². The molecule has 0 radical (unpaired) electrons. The molecule has 1 saturated heterocycles. The number of hydrogen-bond donors (Lipinski definition) is 1. The maximum absolute atomic E-state index is 12.6. The van der Waals surface area contributed by atoms with Crippen LogP contribution in [0.15, 0.2) is 42.5 Å². The third-order valence-electron chi connectivity index (χ3n) is 5.09. The fraction of sp³-hybridized carbons (Fsp3) is 0.391. The van der Waals surface area contributed by atoms with Crippen LogP contribution in [-0.2, 0) is 9.59 Å². The van der Waals surface area contributed by atoms with Crippen molar-refractivity contribution in [2.75, 3.05) is 25.0 Å². The Morgan fingerprint density at radius 1 is 0.964 bits per heavy atom. The lowest BCUT2D eigenvalue weighted by molar-refractivity contribution is -0.136. The molecular weight excluding hydrogens is 352 g/mol. The average molecular weight is 380 g/mol. The number of nitrogens with one attached hydrogen (secondary N) is 1. The lowest BCUT2D eigenvalue weighted by Crippen LogP contribution is -2.43. The maximum Gasteiger partial charge on any atom is 0.260 e. The number of ether oxygens (including phenoxy) is 1. The summed E-state index contributed by atoms with van der Waals surface area (Å²) in [5.41, 5.74) is 4.25. The Hall–Kier alpha value is -2.82. The van der Waals surface area contributed by atoms with Gasteiger partial charge in [-0.1, -0.05) is 23.8 Å². The highest BCUT2D eigenvalue weighted by Gasteiger charge is 2.27. The fourth-order valence-corrected chi connectivity index (χ4v) is 3.55. The molecule has 0 unspecified atom stereocenters. The summed E-state index contributed by atoms with van der Waals surface area (Å²) in [6.45, 7) is 7.25. The first-order chi connectivity index (χ1) is 13.4. The molecule has 0 atom stereocenters. The van der Waals surface area contributed by atoms with Crippen molar-refractivity contribution in [3.63, 3.8) is 0 Å². The number of likely N-dealkylation sites (tertiary alicyclic amines) is 1. The van der Waals surface area contributed by atoms with Crippen LogP contribution in [0.2, 0.25) is 0 Å². The molecule has 1 aliphatic heterocycles. The van der Waals surface area contributed by atoms with Crippen molar-refractivity contribution >= 4 is 17.5 Å². The summed E-state index contributed by atoms with van der Waals surface area (Å²) in [6.07, 6.45) is 1.35. The predicted octanol–water partition coefficient (Wildman–Crippen LogP) is 3.87. The fourth-order valence-electron chi connectivity index (χ4n) is 3.55. The van der Waals surface area contributed by atoms with Gasteiger partial charge in [0, 0.05) is 24.7 Å². The smallest absolute Gasteiger partial charge is 0.260 e. The maximum atomic E-state index is 12.6. The minimum Gasteiger partial charge on any atom is -0.484 e. The van der Waals surface area contributed by atoms with Crippen LogP contribution in [0.1, 0.15) is 29.5 Å². The van der Waals surface area contributed by atoms with Crippen LogP contribution < -0.4 is 10.1 Å². The highest BCUT2D eigenvalue weighted by molar-refractivity contribution is 5.93. The van der Waals surface area contributed by atoms with Gasteiger partial charge in [0.25, 0.3) is 5.91 Å². The van der Waals surface area contributed by atoms with Crippen LogP contribution >= 0.6 is 0 Å². The first kappa shape index (κ1) is 19.9. The van der Waals surface area contributed by atoms with Gasteiger partial charge in [-0.15, -0.1) is 0 Å². The van der Waals surface area contributed by atoms with Gasteiger partial charge in [0.05, 0.1) is 0 Å². The van der Waals surface area contributed by atoms with E-state index in [0.29, 0.717) is 31.7 Å². The Balaban J connectivity index is 1.46. The van der Waals surface area contributed by atoms with Gasteiger partial charge in [0.1, 0.15) is 5.75 Å². The molecular formula is C23H28N2O3. The number of amides is 2. The summed E-state index contributed by atoms with van der Waals surface area (Å²) in [6, 6.07) is 13.7. The number of benzene rings is 2.